The van der Waals surface area contributed by atoms with E-state index in [4.69, 9.17) is 18.9 Å². The van der Waals surface area contributed by atoms with E-state index in [1.165, 1.54) is 0 Å². The third-order valence-corrected chi connectivity index (χ3v) is 5.56. The smallest absolute Gasteiger partial charge is 0.263 e. The van der Waals surface area contributed by atoms with E-state index in [9.17, 15) is 4.79 Å². The van der Waals surface area contributed by atoms with Gasteiger partial charge in [-0.1, -0.05) is 22.0 Å². The lowest BCUT2D eigenvalue weighted by molar-refractivity contribution is -0.137. The van der Waals surface area contributed by atoms with Gasteiger partial charge < -0.3 is 23.8 Å². The fraction of sp³-hybridized carbons (Fsp3) is 0.348. The molecule has 1 unspecified atom stereocenters. The Kier molecular flexibility index (Phi) is 7.26. The SMILES string of the molecule is COc1cc(OC)c(C2=CCN(C(=O)C(C)Oc3ccc(Br)cc3)CC2)c(OC)c1. The van der Waals surface area contributed by atoms with Crippen LogP contribution < -0.4 is 18.9 Å². The van der Waals surface area contributed by atoms with Gasteiger partial charge in [0.1, 0.15) is 23.0 Å². The van der Waals surface area contributed by atoms with Crippen molar-refractivity contribution in [1.29, 1.82) is 0 Å². The maximum Gasteiger partial charge on any atom is 0.263 e. The number of nitrogens with zero attached hydrogens (tertiary/aromatic N) is 1. The van der Waals surface area contributed by atoms with Gasteiger partial charge in [0, 0.05) is 29.7 Å². The van der Waals surface area contributed by atoms with Gasteiger partial charge in [-0.25, -0.2) is 0 Å². The molecule has 6 nitrogen and oxygen atoms in total. The summed E-state index contributed by atoms with van der Waals surface area (Å²) >= 11 is 3.39. The molecule has 0 N–H and O–H groups in total. The Labute approximate surface area is 185 Å². The van der Waals surface area contributed by atoms with Gasteiger partial charge in [-0.15, -0.1) is 0 Å². The van der Waals surface area contributed by atoms with Gasteiger partial charge in [0.05, 0.1) is 26.9 Å². The first-order valence-corrected chi connectivity index (χ1v) is 10.5. The van der Waals surface area contributed by atoms with Crippen molar-refractivity contribution in [2.75, 3.05) is 34.4 Å². The number of rotatable bonds is 7. The van der Waals surface area contributed by atoms with Crippen LogP contribution in [-0.4, -0.2) is 51.3 Å². The summed E-state index contributed by atoms with van der Waals surface area (Å²) in [6.07, 6.45) is 2.17. The molecule has 2 aromatic carbocycles. The zero-order valence-electron chi connectivity index (χ0n) is 17.6. The zero-order valence-corrected chi connectivity index (χ0v) is 19.2. The summed E-state index contributed by atoms with van der Waals surface area (Å²) in [5.41, 5.74) is 1.98. The molecule has 0 bridgehead atoms. The summed E-state index contributed by atoms with van der Waals surface area (Å²) in [6, 6.07) is 11.1. The second-order valence-corrected chi connectivity index (χ2v) is 7.80. The number of hydrogen-bond donors (Lipinski definition) is 0. The first-order chi connectivity index (χ1) is 14.5. The van der Waals surface area contributed by atoms with Crippen molar-refractivity contribution in [2.24, 2.45) is 0 Å². The Morgan fingerprint density at radius 3 is 2.13 bits per heavy atom. The molecule has 0 saturated carbocycles. The fourth-order valence-electron chi connectivity index (χ4n) is 3.44. The van der Waals surface area contributed by atoms with Crippen LogP contribution in [-0.2, 0) is 4.79 Å². The van der Waals surface area contributed by atoms with Crippen LogP contribution in [0.25, 0.3) is 5.57 Å². The van der Waals surface area contributed by atoms with Crippen molar-refractivity contribution in [1.82, 2.24) is 4.90 Å². The number of methoxy groups -OCH3 is 3. The third-order valence-electron chi connectivity index (χ3n) is 5.03. The number of carbonyl (C=O) groups is 1. The predicted molar refractivity (Wildman–Crippen MR) is 120 cm³/mol. The minimum Gasteiger partial charge on any atom is -0.496 e. The van der Waals surface area contributed by atoms with E-state index in [1.807, 2.05) is 42.5 Å². The molecule has 1 amide bonds. The van der Waals surface area contributed by atoms with Crippen LogP contribution in [0.4, 0.5) is 0 Å². The fourth-order valence-corrected chi connectivity index (χ4v) is 3.71. The molecule has 7 heteroatoms. The number of amides is 1. The molecular weight excluding hydrogens is 450 g/mol. The Hall–Kier alpha value is -2.67. The Morgan fingerprint density at radius 1 is 1.00 bits per heavy atom. The van der Waals surface area contributed by atoms with Gasteiger partial charge in [0.2, 0.25) is 0 Å². The number of hydrogen-bond acceptors (Lipinski definition) is 5. The largest absolute Gasteiger partial charge is 0.496 e. The minimum atomic E-state index is -0.564. The highest BCUT2D eigenvalue weighted by molar-refractivity contribution is 9.10. The Bertz CT molecular complexity index is 901. The average Bonchev–Trinajstić information content (AvgIpc) is 2.79. The second kappa shape index (κ2) is 9.89. The Morgan fingerprint density at radius 2 is 1.63 bits per heavy atom. The highest BCUT2D eigenvalue weighted by atomic mass is 79.9. The van der Waals surface area contributed by atoms with Crippen LogP contribution in [0.3, 0.4) is 0 Å². The van der Waals surface area contributed by atoms with Gasteiger partial charge in [0.15, 0.2) is 6.10 Å². The van der Waals surface area contributed by atoms with E-state index in [1.54, 1.807) is 33.2 Å². The van der Waals surface area contributed by atoms with Crippen LogP contribution in [0.2, 0.25) is 0 Å². The van der Waals surface area contributed by atoms with Crippen molar-refractivity contribution in [2.45, 2.75) is 19.4 Å². The van der Waals surface area contributed by atoms with Crippen LogP contribution in [0, 0.1) is 0 Å². The third kappa shape index (κ3) is 4.90. The van der Waals surface area contributed by atoms with Crippen molar-refractivity contribution in [3.63, 3.8) is 0 Å². The van der Waals surface area contributed by atoms with Crippen LogP contribution in [0.5, 0.6) is 23.0 Å². The molecule has 0 spiro atoms. The standard InChI is InChI=1S/C23H26BrNO5/c1-15(30-18-7-5-17(24)6-8-18)23(26)25-11-9-16(10-12-25)22-20(28-3)13-19(27-2)14-21(22)29-4/h5-9,13-15H,10-12H2,1-4H3. The average molecular weight is 476 g/mol. The van der Waals surface area contributed by atoms with Crippen LogP contribution >= 0.6 is 15.9 Å². The maximum atomic E-state index is 12.8. The molecule has 1 aliphatic rings. The highest BCUT2D eigenvalue weighted by Gasteiger charge is 2.26. The van der Waals surface area contributed by atoms with Gasteiger partial charge >= 0.3 is 0 Å². The molecule has 30 heavy (non-hydrogen) atoms. The van der Waals surface area contributed by atoms with E-state index in [2.05, 4.69) is 15.9 Å². The van der Waals surface area contributed by atoms with Crippen molar-refractivity contribution in [3.8, 4) is 23.0 Å². The Balaban J connectivity index is 1.73. The molecule has 0 radical (unpaired) electrons. The summed E-state index contributed by atoms with van der Waals surface area (Å²) in [4.78, 5) is 14.6. The van der Waals surface area contributed by atoms with Crippen LogP contribution in [0.15, 0.2) is 46.9 Å². The topological polar surface area (TPSA) is 57.2 Å². The van der Waals surface area contributed by atoms with Gasteiger partial charge in [-0.3, -0.25) is 4.79 Å². The molecule has 1 atom stereocenters. The summed E-state index contributed by atoms with van der Waals surface area (Å²) in [7, 11) is 4.85. The second-order valence-electron chi connectivity index (χ2n) is 6.88. The number of halogens is 1. The summed E-state index contributed by atoms with van der Waals surface area (Å²) < 4.78 is 23.2. The minimum absolute atomic E-state index is 0.0399. The quantitative estimate of drug-likeness (QED) is 0.587. The summed E-state index contributed by atoms with van der Waals surface area (Å²) in [6.45, 7) is 2.87. The normalized spacial score (nSPS) is 14.6. The molecule has 0 saturated heterocycles. The monoisotopic (exact) mass is 475 g/mol. The van der Waals surface area contributed by atoms with Gasteiger partial charge in [-0.2, -0.15) is 0 Å². The zero-order chi connectivity index (χ0) is 21.7. The molecule has 1 heterocycles. The lowest BCUT2D eigenvalue weighted by Crippen LogP contribution is -2.42. The maximum absolute atomic E-state index is 12.8. The summed E-state index contributed by atoms with van der Waals surface area (Å²) in [5.74, 6) is 2.66. The molecule has 3 rings (SSSR count). The van der Waals surface area contributed by atoms with Crippen molar-refractivity contribution < 1.29 is 23.7 Å². The molecule has 0 aromatic heterocycles. The molecule has 0 fully saturated rings. The van der Waals surface area contributed by atoms with E-state index in [0.717, 1.165) is 15.6 Å². The molecule has 1 aliphatic heterocycles. The predicted octanol–water partition coefficient (Wildman–Crippen LogP) is 4.56. The number of ether oxygens (including phenoxy) is 4. The van der Waals surface area contributed by atoms with Gasteiger partial charge in [0.25, 0.3) is 5.91 Å². The first-order valence-electron chi connectivity index (χ1n) is 9.67. The number of carbonyl (C=O) groups excluding carboxylic acids is 1. The molecular formula is C23H26BrNO5. The summed E-state index contributed by atoms with van der Waals surface area (Å²) in [5, 5.41) is 0. The number of benzene rings is 2. The van der Waals surface area contributed by atoms with Crippen molar-refractivity contribution in [3.05, 3.63) is 52.5 Å². The van der Waals surface area contributed by atoms with E-state index >= 15 is 0 Å². The lowest BCUT2D eigenvalue weighted by atomic mass is 9.97. The van der Waals surface area contributed by atoms with E-state index in [0.29, 0.717) is 42.5 Å². The molecule has 2 aromatic rings. The molecule has 160 valence electrons. The first kappa shape index (κ1) is 22.0. The molecule has 0 aliphatic carbocycles. The van der Waals surface area contributed by atoms with E-state index in [-0.39, 0.29) is 5.91 Å². The highest BCUT2D eigenvalue weighted by Crippen LogP contribution is 2.40. The van der Waals surface area contributed by atoms with Gasteiger partial charge in [-0.05, 0) is 43.2 Å². The lowest BCUT2D eigenvalue weighted by Gasteiger charge is -2.30. The van der Waals surface area contributed by atoms with Crippen molar-refractivity contribution >= 4 is 27.4 Å². The van der Waals surface area contributed by atoms with Crippen LogP contribution in [0.1, 0.15) is 18.9 Å². The van der Waals surface area contributed by atoms with E-state index < -0.39 is 6.10 Å².